The molecule has 8 nitrogen and oxygen atoms in total. The minimum absolute atomic E-state index is 0.283. The second-order valence-electron chi connectivity index (χ2n) is 6.63. The number of para-hydroxylation sites is 1. The average molecular weight is 407 g/mol. The molecule has 1 aliphatic rings. The van der Waals surface area contributed by atoms with Crippen LogP contribution in [0.25, 0.3) is 0 Å². The van der Waals surface area contributed by atoms with Gasteiger partial charge in [-0.3, -0.25) is 14.9 Å². The predicted molar refractivity (Wildman–Crippen MR) is 111 cm³/mol. The van der Waals surface area contributed by atoms with Gasteiger partial charge in [0, 0.05) is 11.4 Å². The number of amides is 4. The summed E-state index contributed by atoms with van der Waals surface area (Å²) in [7, 11) is 1.28. The van der Waals surface area contributed by atoms with Crippen molar-refractivity contribution in [3.05, 3.63) is 71.4 Å². The van der Waals surface area contributed by atoms with E-state index in [1.54, 1.807) is 68.5 Å². The van der Waals surface area contributed by atoms with Crippen molar-refractivity contribution in [1.29, 1.82) is 0 Å². The largest absolute Gasteiger partial charge is 0.465 e. The Morgan fingerprint density at radius 3 is 2.53 bits per heavy atom. The Balaban J connectivity index is 1.93. The highest BCUT2D eigenvalue weighted by atomic mass is 16.5. The number of ether oxygens (including phenoxy) is 1. The smallest absolute Gasteiger partial charge is 0.337 e. The fourth-order valence-electron chi connectivity index (χ4n) is 3.21. The first-order chi connectivity index (χ1) is 14.4. The lowest BCUT2D eigenvalue weighted by Gasteiger charge is -2.32. The number of carbonyl (C=O) groups excluding carboxylic acids is 4. The first kappa shape index (κ1) is 20.8. The number of carbonyl (C=O) groups is 4. The van der Waals surface area contributed by atoms with E-state index >= 15 is 0 Å². The molecule has 2 N–H and O–H groups in total. The normalized spacial score (nSPS) is 16.9. The van der Waals surface area contributed by atoms with Crippen LogP contribution < -0.4 is 15.5 Å². The van der Waals surface area contributed by atoms with E-state index in [1.165, 1.54) is 7.11 Å². The van der Waals surface area contributed by atoms with Crippen LogP contribution in [-0.4, -0.2) is 30.9 Å². The molecule has 1 saturated heterocycles. The van der Waals surface area contributed by atoms with Crippen LogP contribution in [0.15, 0.2) is 60.3 Å². The van der Waals surface area contributed by atoms with Gasteiger partial charge >= 0.3 is 12.0 Å². The van der Waals surface area contributed by atoms with E-state index in [2.05, 4.69) is 10.6 Å². The number of aryl methyl sites for hydroxylation is 1. The number of anilines is 2. The zero-order chi connectivity index (χ0) is 21.8. The number of nitrogens with zero attached hydrogens (tertiary/aromatic N) is 1. The molecule has 30 heavy (non-hydrogen) atoms. The van der Waals surface area contributed by atoms with Crippen molar-refractivity contribution in [3.8, 4) is 0 Å². The maximum Gasteiger partial charge on any atom is 0.337 e. The Labute approximate surface area is 173 Å². The Hall–Kier alpha value is -3.94. The van der Waals surface area contributed by atoms with Crippen molar-refractivity contribution in [2.45, 2.75) is 13.8 Å². The second-order valence-corrected chi connectivity index (χ2v) is 6.63. The van der Waals surface area contributed by atoms with E-state index < -0.39 is 29.7 Å². The number of nitrogens with one attached hydrogen (secondary N) is 2. The van der Waals surface area contributed by atoms with Crippen LogP contribution in [0.4, 0.5) is 16.2 Å². The van der Waals surface area contributed by atoms with Crippen molar-refractivity contribution in [1.82, 2.24) is 5.32 Å². The number of allylic oxidation sites excluding steroid dienone is 1. The summed E-state index contributed by atoms with van der Waals surface area (Å²) in [5.41, 5.74) is 2.21. The summed E-state index contributed by atoms with van der Waals surface area (Å²) in [5.74, 6) is -3.15. The molecule has 0 radical (unpaired) electrons. The summed E-state index contributed by atoms with van der Waals surface area (Å²) >= 11 is 0. The van der Waals surface area contributed by atoms with Crippen LogP contribution in [0, 0.1) is 12.8 Å². The van der Waals surface area contributed by atoms with Gasteiger partial charge in [0.05, 0.1) is 18.4 Å². The van der Waals surface area contributed by atoms with E-state index in [4.69, 9.17) is 4.74 Å². The molecule has 4 amide bonds. The number of hydrogen-bond donors (Lipinski definition) is 2. The summed E-state index contributed by atoms with van der Waals surface area (Å²) in [4.78, 5) is 50.9. The van der Waals surface area contributed by atoms with E-state index in [0.717, 1.165) is 10.5 Å². The maximum atomic E-state index is 13.2. The summed E-state index contributed by atoms with van der Waals surface area (Å²) in [6.45, 7) is 3.44. The number of barbiturate groups is 1. The molecular weight excluding hydrogens is 386 g/mol. The quantitative estimate of drug-likeness (QED) is 0.583. The number of esters is 1. The van der Waals surface area contributed by atoms with Gasteiger partial charge in [-0.2, -0.15) is 0 Å². The van der Waals surface area contributed by atoms with Gasteiger partial charge in [0.25, 0.3) is 5.91 Å². The number of rotatable bonds is 5. The first-order valence-corrected chi connectivity index (χ1v) is 9.23. The third kappa shape index (κ3) is 3.93. The van der Waals surface area contributed by atoms with Crippen molar-refractivity contribution >= 4 is 35.2 Å². The van der Waals surface area contributed by atoms with Gasteiger partial charge in [0.1, 0.15) is 0 Å². The third-order valence-corrected chi connectivity index (χ3v) is 4.71. The molecule has 8 heteroatoms. The zero-order valence-electron chi connectivity index (χ0n) is 16.8. The highest BCUT2D eigenvalue weighted by Crippen LogP contribution is 2.28. The number of imide groups is 2. The number of methoxy groups -OCH3 is 1. The highest BCUT2D eigenvalue weighted by Gasteiger charge is 2.43. The summed E-state index contributed by atoms with van der Waals surface area (Å²) in [6, 6.07) is 12.6. The Morgan fingerprint density at radius 1 is 1.13 bits per heavy atom. The maximum absolute atomic E-state index is 13.2. The monoisotopic (exact) mass is 407 g/mol. The fraction of sp³-hybridized carbons (Fsp3) is 0.182. The van der Waals surface area contributed by atoms with Gasteiger partial charge in [0.2, 0.25) is 5.91 Å². The SMILES string of the molecule is C/C=C(/Nc1cccc(C(=O)OC)c1)[C@H]1C(=O)NC(=O)N(c2ccccc2C)C1=O. The van der Waals surface area contributed by atoms with Crippen molar-refractivity contribution < 1.29 is 23.9 Å². The molecule has 2 aromatic carbocycles. The number of urea groups is 1. The molecule has 0 unspecified atom stereocenters. The average Bonchev–Trinajstić information content (AvgIpc) is 2.73. The Bertz CT molecular complexity index is 1060. The van der Waals surface area contributed by atoms with Gasteiger partial charge in [0.15, 0.2) is 5.92 Å². The molecule has 0 saturated carbocycles. The molecule has 0 bridgehead atoms. The molecule has 0 spiro atoms. The summed E-state index contributed by atoms with van der Waals surface area (Å²) < 4.78 is 4.72. The fourth-order valence-corrected chi connectivity index (χ4v) is 3.21. The van der Waals surface area contributed by atoms with Gasteiger partial charge in [-0.25, -0.2) is 14.5 Å². The predicted octanol–water partition coefficient (Wildman–Crippen LogP) is 3.00. The van der Waals surface area contributed by atoms with Crippen LogP contribution in [-0.2, 0) is 14.3 Å². The van der Waals surface area contributed by atoms with Crippen molar-refractivity contribution in [2.75, 3.05) is 17.3 Å². The van der Waals surface area contributed by atoms with Gasteiger partial charge in [-0.1, -0.05) is 30.3 Å². The zero-order valence-corrected chi connectivity index (χ0v) is 16.8. The third-order valence-electron chi connectivity index (χ3n) is 4.71. The molecule has 3 rings (SSSR count). The number of hydrogen-bond acceptors (Lipinski definition) is 6. The molecule has 2 aromatic rings. The van der Waals surface area contributed by atoms with Crippen LogP contribution in [0.1, 0.15) is 22.8 Å². The molecule has 1 fully saturated rings. The molecular formula is C22H21N3O5. The van der Waals surface area contributed by atoms with E-state index in [9.17, 15) is 19.2 Å². The van der Waals surface area contributed by atoms with E-state index in [0.29, 0.717) is 16.9 Å². The van der Waals surface area contributed by atoms with Crippen LogP contribution in [0.3, 0.4) is 0 Å². The van der Waals surface area contributed by atoms with Gasteiger partial charge in [-0.15, -0.1) is 0 Å². The molecule has 154 valence electrons. The van der Waals surface area contributed by atoms with Crippen LogP contribution >= 0.6 is 0 Å². The van der Waals surface area contributed by atoms with E-state index in [1.807, 2.05) is 0 Å². The minimum atomic E-state index is -1.26. The van der Waals surface area contributed by atoms with Crippen LogP contribution in [0.2, 0.25) is 0 Å². The molecule has 1 aliphatic heterocycles. The molecule has 1 atom stereocenters. The molecule has 0 aromatic heterocycles. The minimum Gasteiger partial charge on any atom is -0.465 e. The van der Waals surface area contributed by atoms with Crippen molar-refractivity contribution in [3.63, 3.8) is 0 Å². The second kappa shape index (κ2) is 8.60. The van der Waals surface area contributed by atoms with Crippen molar-refractivity contribution in [2.24, 2.45) is 5.92 Å². The summed E-state index contributed by atoms with van der Waals surface area (Å²) in [6.07, 6.45) is 1.58. The standard InChI is InChI=1S/C22H21N3O5/c1-4-16(23-15-10-7-9-14(12-15)21(28)30-3)18-19(26)24-22(29)25(20(18)27)17-11-6-5-8-13(17)2/h4-12,18,23H,1-3H3,(H,24,26,29)/b16-4+/t18-/m0/s1. The lowest BCUT2D eigenvalue weighted by molar-refractivity contribution is -0.132. The van der Waals surface area contributed by atoms with Gasteiger partial charge in [-0.05, 0) is 43.7 Å². The first-order valence-electron chi connectivity index (χ1n) is 9.23. The Kier molecular flexibility index (Phi) is 5.96. The molecule has 0 aliphatic carbocycles. The van der Waals surface area contributed by atoms with E-state index in [-0.39, 0.29) is 5.70 Å². The lowest BCUT2D eigenvalue weighted by Crippen LogP contribution is -2.59. The lowest BCUT2D eigenvalue weighted by atomic mass is 9.98. The Morgan fingerprint density at radius 2 is 1.87 bits per heavy atom. The highest BCUT2D eigenvalue weighted by molar-refractivity contribution is 6.29. The van der Waals surface area contributed by atoms with Crippen LogP contribution in [0.5, 0.6) is 0 Å². The summed E-state index contributed by atoms with van der Waals surface area (Å²) in [5, 5.41) is 5.26. The molecule has 1 heterocycles. The topological polar surface area (TPSA) is 105 Å². The van der Waals surface area contributed by atoms with Gasteiger partial charge < -0.3 is 10.1 Å². The number of benzene rings is 2.